The second-order valence-electron chi connectivity index (χ2n) is 6.49. The van der Waals surface area contributed by atoms with Crippen LogP contribution in [0.5, 0.6) is 0 Å². The Bertz CT molecular complexity index is 707. The minimum Gasteiger partial charge on any atom is -0.372 e. The van der Waals surface area contributed by atoms with Crippen LogP contribution in [0.3, 0.4) is 0 Å². The number of aryl methyl sites for hydroxylation is 1. The van der Waals surface area contributed by atoms with Gasteiger partial charge in [-0.05, 0) is 24.8 Å². The molecular formula is C17H20N2O3S2. The van der Waals surface area contributed by atoms with Crippen LogP contribution in [-0.2, 0) is 16.1 Å². The summed E-state index contributed by atoms with van der Waals surface area (Å²) in [4.78, 5) is 18.7. The molecule has 2 fully saturated rings. The third-order valence-electron chi connectivity index (χ3n) is 4.59. The van der Waals surface area contributed by atoms with Crippen molar-refractivity contribution in [2.24, 2.45) is 0 Å². The molecule has 2 saturated heterocycles. The number of rotatable bonds is 4. The Morgan fingerprint density at radius 3 is 3.08 bits per heavy atom. The summed E-state index contributed by atoms with van der Waals surface area (Å²) in [6.07, 6.45) is 1.94. The van der Waals surface area contributed by atoms with Gasteiger partial charge in [0.15, 0.2) is 0 Å². The normalized spacial score (nSPS) is 22.5. The van der Waals surface area contributed by atoms with Crippen molar-refractivity contribution in [3.05, 3.63) is 38.5 Å². The van der Waals surface area contributed by atoms with Gasteiger partial charge in [0, 0.05) is 23.8 Å². The van der Waals surface area contributed by atoms with E-state index in [4.69, 9.17) is 9.47 Å². The third kappa shape index (κ3) is 3.26. The second-order valence-corrected chi connectivity index (χ2v) is 8.33. The lowest BCUT2D eigenvalue weighted by Gasteiger charge is -2.52. The molecule has 1 spiro atoms. The first-order chi connectivity index (χ1) is 11.6. The molecule has 2 aromatic heterocycles. The number of hydrogen-bond donors (Lipinski definition) is 0. The lowest BCUT2D eigenvalue weighted by molar-refractivity contribution is -0.188. The zero-order chi connectivity index (χ0) is 16.6. The van der Waals surface area contributed by atoms with Crippen LogP contribution < -0.4 is 0 Å². The molecule has 2 aliphatic rings. The molecule has 0 N–H and O–H groups in total. The third-order valence-corrected chi connectivity index (χ3v) is 6.10. The molecule has 0 saturated carbocycles. The van der Waals surface area contributed by atoms with Crippen LogP contribution >= 0.6 is 22.7 Å². The molecule has 7 heteroatoms. The number of carbonyl (C=O) groups excluding carboxylic acids is 1. The molecule has 1 unspecified atom stereocenters. The predicted octanol–water partition coefficient (Wildman–Crippen LogP) is 3.10. The van der Waals surface area contributed by atoms with Gasteiger partial charge in [-0.1, -0.05) is 0 Å². The highest BCUT2D eigenvalue weighted by molar-refractivity contribution is 7.09. The molecule has 1 amide bonds. The van der Waals surface area contributed by atoms with E-state index in [1.807, 2.05) is 28.7 Å². The molecule has 0 radical (unpaired) electrons. The molecule has 24 heavy (non-hydrogen) atoms. The molecule has 0 aliphatic carbocycles. The van der Waals surface area contributed by atoms with Crippen molar-refractivity contribution >= 4 is 28.6 Å². The second kappa shape index (κ2) is 6.55. The standard InChI is InChI=1S/C17H20N2O3S2/c1-12-18-14(9-24-12)7-21-15-2-4-22-17(6-15)10-19(11-17)16(20)13-3-5-23-8-13/h3,5,8-9,15H,2,4,6-7,10-11H2,1H3. The highest BCUT2D eigenvalue weighted by atomic mass is 32.1. The van der Waals surface area contributed by atoms with Crippen molar-refractivity contribution < 1.29 is 14.3 Å². The Kier molecular flexibility index (Phi) is 4.42. The van der Waals surface area contributed by atoms with E-state index in [0.717, 1.165) is 29.1 Å². The quantitative estimate of drug-likeness (QED) is 0.836. The zero-order valence-corrected chi connectivity index (χ0v) is 15.2. The highest BCUT2D eigenvalue weighted by Gasteiger charge is 2.49. The minimum absolute atomic E-state index is 0.103. The van der Waals surface area contributed by atoms with E-state index >= 15 is 0 Å². The maximum absolute atomic E-state index is 12.3. The van der Waals surface area contributed by atoms with E-state index in [0.29, 0.717) is 26.3 Å². The Morgan fingerprint density at radius 2 is 2.38 bits per heavy atom. The zero-order valence-electron chi connectivity index (χ0n) is 13.6. The van der Waals surface area contributed by atoms with Crippen molar-refractivity contribution in [3.63, 3.8) is 0 Å². The van der Waals surface area contributed by atoms with Crippen molar-refractivity contribution in [1.29, 1.82) is 0 Å². The van der Waals surface area contributed by atoms with Gasteiger partial charge in [0.2, 0.25) is 0 Å². The topological polar surface area (TPSA) is 51.7 Å². The van der Waals surface area contributed by atoms with Crippen molar-refractivity contribution in [3.8, 4) is 0 Å². The average molecular weight is 364 g/mol. The van der Waals surface area contributed by atoms with Crippen LogP contribution in [0.1, 0.15) is 33.9 Å². The molecule has 0 aromatic carbocycles. The number of nitrogens with zero attached hydrogens (tertiary/aromatic N) is 2. The summed E-state index contributed by atoms with van der Waals surface area (Å²) in [5, 5.41) is 6.95. The molecule has 0 bridgehead atoms. The molecule has 5 nitrogen and oxygen atoms in total. The molecule has 4 rings (SSSR count). The molecule has 4 heterocycles. The van der Waals surface area contributed by atoms with E-state index in [1.54, 1.807) is 22.7 Å². The Morgan fingerprint density at radius 1 is 1.50 bits per heavy atom. The molecular weight excluding hydrogens is 344 g/mol. The van der Waals surface area contributed by atoms with Gasteiger partial charge in [-0.2, -0.15) is 11.3 Å². The van der Waals surface area contributed by atoms with Gasteiger partial charge in [0.1, 0.15) is 5.60 Å². The van der Waals surface area contributed by atoms with E-state index in [9.17, 15) is 4.79 Å². The summed E-state index contributed by atoms with van der Waals surface area (Å²) in [5.74, 6) is 0.103. The lowest BCUT2D eigenvalue weighted by atomic mass is 9.84. The fraction of sp³-hybridized carbons (Fsp3) is 0.529. The maximum atomic E-state index is 12.3. The summed E-state index contributed by atoms with van der Waals surface area (Å²) in [7, 11) is 0. The van der Waals surface area contributed by atoms with Crippen LogP contribution in [0.4, 0.5) is 0 Å². The van der Waals surface area contributed by atoms with Crippen LogP contribution in [0.15, 0.2) is 22.2 Å². The molecule has 128 valence electrons. The Labute approximate surface area is 149 Å². The van der Waals surface area contributed by atoms with Crippen molar-refractivity contribution in [2.45, 2.75) is 38.1 Å². The van der Waals surface area contributed by atoms with Crippen LogP contribution in [0.2, 0.25) is 0 Å². The number of amides is 1. The van der Waals surface area contributed by atoms with Crippen molar-refractivity contribution in [1.82, 2.24) is 9.88 Å². The SMILES string of the molecule is Cc1nc(COC2CCOC3(C2)CN(C(=O)c2ccsc2)C3)cs1. The first-order valence-corrected chi connectivity index (χ1v) is 9.94. The molecule has 2 aromatic rings. The lowest BCUT2D eigenvalue weighted by Crippen LogP contribution is -2.67. The van der Waals surface area contributed by atoms with Gasteiger partial charge >= 0.3 is 0 Å². The van der Waals surface area contributed by atoms with Gasteiger partial charge in [0.25, 0.3) is 5.91 Å². The number of aromatic nitrogens is 1. The van der Waals surface area contributed by atoms with Crippen molar-refractivity contribution in [2.75, 3.05) is 19.7 Å². The summed E-state index contributed by atoms with van der Waals surface area (Å²) < 4.78 is 12.0. The summed E-state index contributed by atoms with van der Waals surface area (Å²) in [6, 6.07) is 1.88. The first kappa shape index (κ1) is 16.2. The minimum atomic E-state index is -0.216. The summed E-state index contributed by atoms with van der Waals surface area (Å²) in [5.41, 5.74) is 1.56. The van der Waals surface area contributed by atoms with E-state index in [1.165, 1.54) is 0 Å². The number of thiazole rings is 1. The number of likely N-dealkylation sites (tertiary alicyclic amines) is 1. The fourth-order valence-corrected chi connectivity index (χ4v) is 4.61. The van der Waals surface area contributed by atoms with Crippen LogP contribution in [0, 0.1) is 6.92 Å². The summed E-state index contributed by atoms with van der Waals surface area (Å²) in [6.45, 7) is 4.59. The van der Waals surface area contributed by atoms with Gasteiger partial charge in [-0.25, -0.2) is 4.98 Å². The van der Waals surface area contributed by atoms with E-state index in [-0.39, 0.29) is 17.6 Å². The van der Waals surface area contributed by atoms with E-state index in [2.05, 4.69) is 10.4 Å². The molecule has 2 aliphatic heterocycles. The van der Waals surface area contributed by atoms with Gasteiger partial charge < -0.3 is 14.4 Å². The predicted molar refractivity (Wildman–Crippen MR) is 93.6 cm³/mol. The maximum Gasteiger partial charge on any atom is 0.254 e. The molecule has 1 atom stereocenters. The Hall–Kier alpha value is -1.28. The number of ether oxygens (including phenoxy) is 2. The summed E-state index contributed by atoms with van der Waals surface area (Å²) >= 11 is 3.20. The fourth-order valence-electron chi connectivity index (χ4n) is 3.38. The average Bonchev–Trinajstić information content (AvgIpc) is 3.22. The Balaban J connectivity index is 1.30. The van der Waals surface area contributed by atoms with Gasteiger partial charge in [-0.3, -0.25) is 4.79 Å². The number of thiophene rings is 1. The number of hydrogen-bond acceptors (Lipinski definition) is 6. The van der Waals surface area contributed by atoms with Crippen LogP contribution in [0.25, 0.3) is 0 Å². The largest absolute Gasteiger partial charge is 0.372 e. The van der Waals surface area contributed by atoms with E-state index < -0.39 is 0 Å². The highest BCUT2D eigenvalue weighted by Crippen LogP contribution is 2.36. The smallest absolute Gasteiger partial charge is 0.254 e. The van der Waals surface area contributed by atoms with Crippen LogP contribution in [-0.4, -0.2) is 47.2 Å². The van der Waals surface area contributed by atoms with Gasteiger partial charge in [0.05, 0.1) is 42.1 Å². The van der Waals surface area contributed by atoms with Gasteiger partial charge in [-0.15, -0.1) is 11.3 Å². The first-order valence-electron chi connectivity index (χ1n) is 8.12. The monoisotopic (exact) mass is 364 g/mol. The number of carbonyl (C=O) groups is 1.